The van der Waals surface area contributed by atoms with Crippen LogP contribution < -0.4 is 0 Å². The van der Waals surface area contributed by atoms with Crippen molar-refractivity contribution in [3.05, 3.63) is 0 Å². The zero-order valence-corrected chi connectivity index (χ0v) is 8.32. The van der Waals surface area contributed by atoms with Crippen molar-refractivity contribution in [3.63, 3.8) is 0 Å². The van der Waals surface area contributed by atoms with E-state index >= 15 is 0 Å². The van der Waals surface area contributed by atoms with Crippen LogP contribution >= 0.6 is 0 Å². The highest BCUT2D eigenvalue weighted by Gasteiger charge is 2.22. The largest absolute Gasteiger partial charge is 0.378 e. The zero-order valence-electron chi connectivity index (χ0n) is 8.32. The normalized spacial score (nSPS) is 24.8. The van der Waals surface area contributed by atoms with Crippen LogP contribution in [0.15, 0.2) is 0 Å². The molecule has 12 heavy (non-hydrogen) atoms. The van der Waals surface area contributed by atoms with Gasteiger partial charge in [-0.2, -0.15) is 0 Å². The molecular weight excluding hydrogens is 152 g/mol. The molecule has 1 rings (SSSR count). The number of rotatable bonds is 2. The average Bonchev–Trinajstić information content (AvgIpc) is 2.04. The number of nitrogens with zero attached hydrogens (tertiary/aromatic N) is 2. The minimum Gasteiger partial charge on any atom is -0.378 e. The van der Waals surface area contributed by atoms with Gasteiger partial charge in [0.05, 0.1) is 0 Å². The fourth-order valence-electron chi connectivity index (χ4n) is 1.51. The van der Waals surface area contributed by atoms with Gasteiger partial charge >= 0.3 is 0 Å². The highest BCUT2D eigenvalue weighted by molar-refractivity contribution is 4.72. The van der Waals surface area contributed by atoms with E-state index in [9.17, 15) is 5.11 Å². The van der Waals surface area contributed by atoms with Crippen LogP contribution in [0.1, 0.15) is 13.8 Å². The second kappa shape index (κ2) is 4.21. The van der Waals surface area contributed by atoms with E-state index in [-0.39, 0.29) is 6.23 Å². The molecule has 1 aliphatic rings. The molecule has 3 heteroatoms. The first kappa shape index (κ1) is 9.96. The quantitative estimate of drug-likeness (QED) is 0.645. The molecule has 3 nitrogen and oxygen atoms in total. The third-order valence-corrected chi connectivity index (χ3v) is 2.51. The van der Waals surface area contributed by atoms with E-state index in [4.69, 9.17) is 0 Å². The SMILES string of the molecule is CC(C)C(O)N1CCN(C)CC1. The third kappa shape index (κ3) is 2.44. The van der Waals surface area contributed by atoms with Crippen molar-refractivity contribution in [2.45, 2.75) is 20.1 Å². The van der Waals surface area contributed by atoms with Crippen molar-refractivity contribution in [2.24, 2.45) is 5.92 Å². The molecule has 0 radical (unpaired) electrons. The van der Waals surface area contributed by atoms with Gasteiger partial charge < -0.3 is 10.0 Å². The highest BCUT2D eigenvalue weighted by Crippen LogP contribution is 2.09. The minimum absolute atomic E-state index is 0.251. The van der Waals surface area contributed by atoms with Gasteiger partial charge in [-0.15, -0.1) is 0 Å². The Labute approximate surface area is 75.0 Å². The van der Waals surface area contributed by atoms with Gasteiger partial charge in [0.25, 0.3) is 0 Å². The molecule has 0 aromatic rings. The van der Waals surface area contributed by atoms with Gasteiger partial charge in [0, 0.05) is 26.2 Å². The Morgan fingerprint density at radius 1 is 1.08 bits per heavy atom. The summed E-state index contributed by atoms with van der Waals surface area (Å²) >= 11 is 0. The van der Waals surface area contributed by atoms with Gasteiger partial charge in [-0.25, -0.2) is 0 Å². The monoisotopic (exact) mass is 172 g/mol. The molecule has 0 aromatic heterocycles. The van der Waals surface area contributed by atoms with Crippen molar-refractivity contribution in [2.75, 3.05) is 33.2 Å². The first-order valence-corrected chi connectivity index (χ1v) is 4.72. The van der Waals surface area contributed by atoms with Crippen molar-refractivity contribution in [3.8, 4) is 0 Å². The summed E-state index contributed by atoms with van der Waals surface area (Å²) in [4.78, 5) is 4.45. The van der Waals surface area contributed by atoms with E-state index in [2.05, 4.69) is 30.7 Å². The smallest absolute Gasteiger partial charge is 0.109 e. The molecule has 1 unspecified atom stereocenters. The van der Waals surface area contributed by atoms with Gasteiger partial charge in [-0.1, -0.05) is 13.8 Å². The van der Waals surface area contributed by atoms with E-state index in [1.54, 1.807) is 0 Å². The molecule has 0 bridgehead atoms. The van der Waals surface area contributed by atoms with E-state index < -0.39 is 0 Å². The molecule has 0 spiro atoms. The molecule has 1 saturated heterocycles. The lowest BCUT2D eigenvalue weighted by Crippen LogP contribution is -2.50. The van der Waals surface area contributed by atoms with E-state index in [0.29, 0.717) is 5.92 Å². The molecular formula is C9H20N2O. The Morgan fingerprint density at radius 3 is 2.00 bits per heavy atom. The molecule has 0 aliphatic carbocycles. The number of hydrogen-bond acceptors (Lipinski definition) is 3. The molecule has 1 aliphatic heterocycles. The summed E-state index contributed by atoms with van der Waals surface area (Å²) in [6.45, 7) is 8.26. The Kier molecular flexibility index (Phi) is 3.50. The Hall–Kier alpha value is -0.120. The number of hydrogen-bond donors (Lipinski definition) is 1. The fraction of sp³-hybridized carbons (Fsp3) is 1.00. The maximum Gasteiger partial charge on any atom is 0.109 e. The standard InChI is InChI=1S/C9H20N2O/c1-8(2)9(12)11-6-4-10(3)5-7-11/h8-9,12H,4-7H2,1-3H3. The number of piperazine rings is 1. The predicted octanol–water partition coefficient (Wildman–Crippen LogP) is 0.208. The summed E-state index contributed by atoms with van der Waals surface area (Å²) in [5.74, 6) is 0.341. The average molecular weight is 172 g/mol. The molecule has 72 valence electrons. The van der Waals surface area contributed by atoms with Crippen LogP contribution in [0, 0.1) is 5.92 Å². The van der Waals surface area contributed by atoms with Crippen LogP contribution in [0.25, 0.3) is 0 Å². The summed E-state index contributed by atoms with van der Waals surface area (Å²) in [5, 5.41) is 9.74. The Bertz CT molecular complexity index is 130. The lowest BCUT2D eigenvalue weighted by Gasteiger charge is -2.36. The summed E-state index contributed by atoms with van der Waals surface area (Å²) in [5.41, 5.74) is 0. The van der Waals surface area contributed by atoms with Crippen molar-refractivity contribution >= 4 is 0 Å². The highest BCUT2D eigenvalue weighted by atomic mass is 16.3. The Balaban J connectivity index is 2.34. The van der Waals surface area contributed by atoms with E-state index in [0.717, 1.165) is 26.2 Å². The van der Waals surface area contributed by atoms with Crippen LogP contribution in [0.2, 0.25) is 0 Å². The third-order valence-electron chi connectivity index (χ3n) is 2.51. The number of aliphatic hydroxyl groups excluding tert-OH is 1. The summed E-state index contributed by atoms with van der Waals surface area (Å²) in [7, 11) is 2.12. The summed E-state index contributed by atoms with van der Waals surface area (Å²) in [6, 6.07) is 0. The van der Waals surface area contributed by atoms with Gasteiger partial charge in [0.1, 0.15) is 6.23 Å². The van der Waals surface area contributed by atoms with E-state index in [1.165, 1.54) is 0 Å². The van der Waals surface area contributed by atoms with Gasteiger partial charge in [0.2, 0.25) is 0 Å². The van der Waals surface area contributed by atoms with Crippen LogP contribution in [0.3, 0.4) is 0 Å². The summed E-state index contributed by atoms with van der Waals surface area (Å²) in [6.07, 6.45) is -0.251. The molecule has 0 amide bonds. The minimum atomic E-state index is -0.251. The van der Waals surface area contributed by atoms with Crippen LogP contribution in [0.4, 0.5) is 0 Å². The Morgan fingerprint density at radius 2 is 1.58 bits per heavy atom. The van der Waals surface area contributed by atoms with Crippen LogP contribution in [0.5, 0.6) is 0 Å². The van der Waals surface area contributed by atoms with Gasteiger partial charge in [0.15, 0.2) is 0 Å². The second-order valence-electron chi connectivity index (χ2n) is 4.00. The number of aliphatic hydroxyl groups is 1. The maximum atomic E-state index is 9.74. The van der Waals surface area contributed by atoms with Crippen LogP contribution in [-0.4, -0.2) is 54.4 Å². The van der Waals surface area contributed by atoms with Gasteiger partial charge in [-0.05, 0) is 13.0 Å². The van der Waals surface area contributed by atoms with E-state index in [1.807, 2.05) is 0 Å². The molecule has 1 heterocycles. The zero-order chi connectivity index (χ0) is 9.14. The fourth-order valence-corrected chi connectivity index (χ4v) is 1.51. The van der Waals surface area contributed by atoms with Crippen molar-refractivity contribution in [1.82, 2.24) is 9.80 Å². The van der Waals surface area contributed by atoms with Crippen molar-refractivity contribution in [1.29, 1.82) is 0 Å². The van der Waals surface area contributed by atoms with Gasteiger partial charge in [-0.3, -0.25) is 4.90 Å². The maximum absolute atomic E-state index is 9.74. The lowest BCUT2D eigenvalue weighted by atomic mass is 10.1. The number of likely N-dealkylation sites (N-methyl/N-ethyl adjacent to an activating group) is 1. The second-order valence-corrected chi connectivity index (χ2v) is 4.00. The topological polar surface area (TPSA) is 26.7 Å². The molecule has 1 atom stereocenters. The molecule has 1 fully saturated rings. The molecule has 1 N–H and O–H groups in total. The summed E-state index contributed by atoms with van der Waals surface area (Å²) < 4.78 is 0. The lowest BCUT2D eigenvalue weighted by molar-refractivity contribution is -0.0493. The van der Waals surface area contributed by atoms with Crippen molar-refractivity contribution < 1.29 is 5.11 Å². The van der Waals surface area contributed by atoms with Crippen LogP contribution in [-0.2, 0) is 0 Å². The first-order valence-electron chi connectivity index (χ1n) is 4.72. The predicted molar refractivity (Wildman–Crippen MR) is 49.9 cm³/mol. The molecule has 0 saturated carbocycles. The first-order chi connectivity index (χ1) is 5.61. The molecule has 0 aromatic carbocycles.